The lowest BCUT2D eigenvalue weighted by Crippen LogP contribution is -2.25. The third-order valence-electron chi connectivity index (χ3n) is 7.27. The molecule has 0 unspecified atom stereocenters. The van der Waals surface area contributed by atoms with Crippen molar-refractivity contribution in [3.05, 3.63) is 92.6 Å². The van der Waals surface area contributed by atoms with Crippen molar-refractivity contribution in [3.63, 3.8) is 0 Å². The Morgan fingerprint density at radius 3 is 1.39 bits per heavy atom. The zero-order valence-corrected chi connectivity index (χ0v) is 27.1. The summed E-state index contributed by atoms with van der Waals surface area (Å²) in [6, 6.07) is 17.5. The van der Waals surface area contributed by atoms with E-state index in [9.17, 15) is 19.2 Å². The summed E-state index contributed by atoms with van der Waals surface area (Å²) in [5, 5.41) is 1.50. The molecule has 0 aliphatic carbocycles. The first-order valence-electron chi connectivity index (χ1n) is 14.3. The lowest BCUT2D eigenvalue weighted by Gasteiger charge is -2.16. The predicted molar refractivity (Wildman–Crippen MR) is 185 cm³/mol. The number of nitrogens with zero attached hydrogens (tertiary/aromatic N) is 2. The Bertz CT molecular complexity index is 1690. The quantitative estimate of drug-likeness (QED) is 0.133. The van der Waals surface area contributed by atoms with E-state index in [4.69, 9.17) is 33.3 Å². The van der Waals surface area contributed by atoms with Gasteiger partial charge in [0.1, 0.15) is 30.9 Å². The number of Topliss-reactive ketones (excluding diaryl/α,β-unsaturated/α-hetero) is 2. The van der Waals surface area contributed by atoms with Crippen molar-refractivity contribution in [2.45, 2.75) is 25.7 Å². The van der Waals surface area contributed by atoms with Gasteiger partial charge in [-0.05, 0) is 49.9 Å². The summed E-state index contributed by atoms with van der Waals surface area (Å²) in [7, 11) is 0. The Hall–Kier alpha value is -3.32. The molecule has 0 bridgehead atoms. The van der Waals surface area contributed by atoms with Gasteiger partial charge in [-0.25, -0.2) is 9.59 Å². The molecule has 2 aromatic heterocycles. The SMILES string of the molecule is O=C(CSC(=S)N1CCCC1)c1cc2ccccc2oc1=O.O=C(CSC(=S)N1CCCC1)c1cc2ccccc2oc1=O. The van der Waals surface area contributed by atoms with Gasteiger partial charge in [-0.2, -0.15) is 0 Å². The zero-order chi connectivity index (χ0) is 31.1. The van der Waals surface area contributed by atoms with Gasteiger partial charge in [-0.1, -0.05) is 84.4 Å². The van der Waals surface area contributed by atoms with E-state index >= 15 is 0 Å². The van der Waals surface area contributed by atoms with Gasteiger partial charge in [-0.3, -0.25) is 9.59 Å². The number of rotatable bonds is 6. The van der Waals surface area contributed by atoms with Crippen molar-refractivity contribution in [1.82, 2.24) is 9.80 Å². The second-order valence-corrected chi connectivity index (χ2v) is 13.5. The van der Waals surface area contributed by atoms with E-state index in [0.29, 0.717) is 11.2 Å². The van der Waals surface area contributed by atoms with Crippen LogP contribution in [0.25, 0.3) is 21.9 Å². The largest absolute Gasteiger partial charge is 0.422 e. The standard InChI is InChI=1S/2C16H15NO3S2/c2*18-13(10-22-16(21)17-7-3-4-8-17)12-9-11-5-1-2-6-14(11)20-15(12)19/h2*1-2,5-6,9H,3-4,7-8,10H2. The summed E-state index contributed by atoms with van der Waals surface area (Å²) in [5.74, 6) is -0.159. The lowest BCUT2D eigenvalue weighted by atomic mass is 10.1. The summed E-state index contributed by atoms with van der Waals surface area (Å²) in [4.78, 5) is 52.6. The second-order valence-electron chi connectivity index (χ2n) is 10.3. The molecule has 44 heavy (non-hydrogen) atoms. The molecule has 0 spiro atoms. The minimum atomic E-state index is -0.587. The van der Waals surface area contributed by atoms with Gasteiger partial charge in [0.05, 0.1) is 11.5 Å². The van der Waals surface area contributed by atoms with Crippen molar-refractivity contribution in [3.8, 4) is 0 Å². The number of carbonyl (C=O) groups excluding carboxylic acids is 2. The van der Waals surface area contributed by atoms with Crippen molar-refractivity contribution in [1.29, 1.82) is 0 Å². The van der Waals surface area contributed by atoms with Gasteiger partial charge in [0, 0.05) is 37.0 Å². The highest BCUT2D eigenvalue weighted by Gasteiger charge is 2.20. The topological polar surface area (TPSA) is 101 Å². The van der Waals surface area contributed by atoms with Gasteiger partial charge in [0.25, 0.3) is 0 Å². The van der Waals surface area contributed by atoms with Crippen molar-refractivity contribution >= 4 is 90.1 Å². The van der Waals surface area contributed by atoms with Gasteiger partial charge < -0.3 is 18.6 Å². The smallest absolute Gasteiger partial charge is 0.347 e. The molecule has 12 heteroatoms. The van der Waals surface area contributed by atoms with E-state index in [1.165, 1.54) is 23.5 Å². The van der Waals surface area contributed by atoms with Crippen LogP contribution in [0.5, 0.6) is 0 Å². The molecule has 2 fully saturated rings. The van der Waals surface area contributed by atoms with Crippen molar-refractivity contribution in [2.24, 2.45) is 0 Å². The number of carbonyl (C=O) groups is 2. The van der Waals surface area contributed by atoms with Crippen LogP contribution < -0.4 is 11.3 Å². The van der Waals surface area contributed by atoms with Crippen LogP contribution in [0.4, 0.5) is 0 Å². The number of para-hydroxylation sites is 2. The molecule has 0 atom stereocenters. The maximum absolute atomic E-state index is 12.3. The fourth-order valence-corrected chi connectivity index (χ4v) is 7.17. The van der Waals surface area contributed by atoms with Crippen LogP contribution in [-0.2, 0) is 0 Å². The average molecular weight is 667 g/mol. The van der Waals surface area contributed by atoms with E-state index in [1.54, 1.807) is 36.4 Å². The number of hydrogen-bond donors (Lipinski definition) is 0. The summed E-state index contributed by atoms with van der Waals surface area (Å²) >= 11 is 13.3. The number of thiocarbonyl (C=S) groups is 2. The number of benzene rings is 2. The molecule has 228 valence electrons. The molecular formula is C32H30N2O6S4. The van der Waals surface area contributed by atoms with E-state index < -0.39 is 11.3 Å². The van der Waals surface area contributed by atoms with Crippen LogP contribution in [0.2, 0.25) is 0 Å². The van der Waals surface area contributed by atoms with Crippen LogP contribution in [0.1, 0.15) is 46.4 Å². The Morgan fingerprint density at radius 1 is 0.636 bits per heavy atom. The Morgan fingerprint density at radius 2 is 1.00 bits per heavy atom. The van der Waals surface area contributed by atoms with Gasteiger partial charge in [0.2, 0.25) is 0 Å². The maximum Gasteiger partial charge on any atom is 0.347 e. The fourth-order valence-electron chi connectivity index (χ4n) is 4.90. The minimum Gasteiger partial charge on any atom is -0.422 e. The number of likely N-dealkylation sites (tertiary alicyclic amines) is 2. The van der Waals surface area contributed by atoms with E-state index in [0.717, 1.165) is 71.3 Å². The summed E-state index contributed by atoms with van der Waals surface area (Å²) in [5.41, 5.74) is -0.00722. The minimum absolute atomic E-state index is 0.0930. The highest BCUT2D eigenvalue weighted by molar-refractivity contribution is 8.23. The van der Waals surface area contributed by atoms with Crippen LogP contribution in [0.15, 0.2) is 79.1 Å². The fraction of sp³-hybridized carbons (Fsp3) is 0.312. The summed E-state index contributed by atoms with van der Waals surface area (Å²) < 4.78 is 11.8. The molecule has 4 heterocycles. The first-order valence-corrected chi connectivity index (χ1v) is 17.0. The lowest BCUT2D eigenvalue weighted by molar-refractivity contribution is 0.101. The van der Waals surface area contributed by atoms with Gasteiger partial charge in [-0.15, -0.1) is 0 Å². The third kappa shape index (κ3) is 8.03. The van der Waals surface area contributed by atoms with Crippen LogP contribution in [-0.4, -0.2) is 67.7 Å². The monoisotopic (exact) mass is 666 g/mol. The number of fused-ring (bicyclic) bond motifs is 2. The van der Waals surface area contributed by atoms with E-state index in [2.05, 4.69) is 9.80 Å². The predicted octanol–water partition coefficient (Wildman–Crippen LogP) is 6.18. The van der Waals surface area contributed by atoms with Crippen molar-refractivity contribution in [2.75, 3.05) is 37.7 Å². The molecule has 4 aromatic rings. The van der Waals surface area contributed by atoms with Crippen LogP contribution >= 0.6 is 48.0 Å². The highest BCUT2D eigenvalue weighted by Crippen LogP contribution is 2.20. The summed E-state index contributed by atoms with van der Waals surface area (Å²) in [6.07, 6.45) is 4.57. The van der Waals surface area contributed by atoms with Crippen LogP contribution in [0, 0.1) is 0 Å². The zero-order valence-electron chi connectivity index (χ0n) is 23.8. The maximum atomic E-state index is 12.3. The van der Waals surface area contributed by atoms with E-state index in [-0.39, 0.29) is 34.2 Å². The van der Waals surface area contributed by atoms with Gasteiger partial charge in [0.15, 0.2) is 11.6 Å². The second kappa shape index (κ2) is 15.1. The van der Waals surface area contributed by atoms with Crippen LogP contribution in [0.3, 0.4) is 0 Å². The molecule has 2 aliphatic heterocycles. The number of thioether (sulfide) groups is 2. The molecule has 2 aromatic carbocycles. The first kappa shape index (κ1) is 32.1. The summed E-state index contributed by atoms with van der Waals surface area (Å²) in [6.45, 7) is 3.83. The molecule has 0 amide bonds. The molecule has 6 rings (SSSR count). The molecule has 2 aliphatic rings. The van der Waals surface area contributed by atoms with Crippen molar-refractivity contribution < 1.29 is 18.4 Å². The Labute approximate surface area is 273 Å². The normalized spacial score (nSPS) is 14.5. The first-order chi connectivity index (χ1) is 21.3. The van der Waals surface area contributed by atoms with Gasteiger partial charge >= 0.3 is 11.3 Å². The number of ketones is 2. The Balaban J connectivity index is 0.000000175. The molecule has 0 radical (unpaired) electrons. The highest BCUT2D eigenvalue weighted by atomic mass is 32.2. The third-order valence-corrected chi connectivity index (χ3v) is 10.3. The molecular weight excluding hydrogens is 637 g/mol. The molecule has 8 nitrogen and oxygen atoms in total. The number of hydrogen-bond acceptors (Lipinski definition) is 10. The molecule has 0 saturated carbocycles. The average Bonchev–Trinajstić information content (AvgIpc) is 3.77. The van der Waals surface area contributed by atoms with E-state index in [1.807, 2.05) is 24.3 Å². The molecule has 0 N–H and O–H groups in total. The molecule has 2 saturated heterocycles. The Kier molecular flexibility index (Phi) is 11.0.